The van der Waals surface area contributed by atoms with Gasteiger partial charge in [-0.25, -0.2) is 0 Å². The maximum Gasteiger partial charge on any atom is 0.252 e. The van der Waals surface area contributed by atoms with Crippen LogP contribution in [0.15, 0.2) is 24.3 Å². The maximum absolute atomic E-state index is 10.9. The van der Waals surface area contributed by atoms with Gasteiger partial charge in [-0.2, -0.15) is 0 Å². The van der Waals surface area contributed by atoms with Gasteiger partial charge in [0.15, 0.2) is 0 Å². The molecule has 0 heterocycles. The molecule has 0 unspecified atom stereocenters. The Balaban J connectivity index is 2.35. The third kappa shape index (κ3) is 5.54. The van der Waals surface area contributed by atoms with Crippen molar-refractivity contribution >= 4 is 16.8 Å². The van der Waals surface area contributed by atoms with Crippen LogP contribution < -0.4 is 4.74 Å². The van der Waals surface area contributed by atoms with Crippen LogP contribution in [-0.4, -0.2) is 11.3 Å². The lowest BCUT2D eigenvalue weighted by Crippen LogP contribution is -2.11. The lowest BCUT2D eigenvalue weighted by molar-refractivity contribution is 0.108. The number of hydrogen-bond acceptors (Lipinski definition) is 2. The van der Waals surface area contributed by atoms with Crippen molar-refractivity contribution in [2.45, 2.75) is 52.1 Å². The molecule has 0 aliphatic carbocycles. The molecule has 1 aromatic rings. The van der Waals surface area contributed by atoms with Crippen LogP contribution in [0.3, 0.4) is 0 Å². The van der Waals surface area contributed by atoms with Crippen LogP contribution in [0, 0.1) is 0 Å². The second-order valence-corrected chi connectivity index (χ2v) is 4.92. The van der Waals surface area contributed by atoms with Crippen LogP contribution >= 0.6 is 11.6 Å². The Morgan fingerprint density at radius 3 is 2.44 bits per heavy atom. The van der Waals surface area contributed by atoms with Crippen LogP contribution in [0.1, 0.15) is 56.3 Å². The van der Waals surface area contributed by atoms with Gasteiger partial charge in [0.1, 0.15) is 5.75 Å². The van der Waals surface area contributed by atoms with Gasteiger partial charge in [0, 0.05) is 5.56 Å². The summed E-state index contributed by atoms with van der Waals surface area (Å²) in [5, 5.41) is -0.436. The number of hydrogen-bond donors (Lipinski definition) is 0. The maximum atomic E-state index is 10.9. The Kier molecular flexibility index (Phi) is 6.81. The Morgan fingerprint density at radius 2 is 1.89 bits per heavy atom. The zero-order valence-electron chi connectivity index (χ0n) is 11.1. The number of carbonyl (C=O) groups excluding carboxylic acids is 1. The van der Waals surface area contributed by atoms with Crippen molar-refractivity contribution in [1.29, 1.82) is 0 Å². The number of carbonyl (C=O) groups is 1. The molecule has 1 rings (SSSR count). The number of benzene rings is 1. The van der Waals surface area contributed by atoms with Crippen molar-refractivity contribution in [3.8, 4) is 5.75 Å². The molecule has 0 bridgehead atoms. The number of halogens is 1. The Labute approximate surface area is 114 Å². The molecule has 18 heavy (non-hydrogen) atoms. The van der Waals surface area contributed by atoms with E-state index in [2.05, 4.69) is 13.8 Å². The summed E-state index contributed by atoms with van der Waals surface area (Å²) < 4.78 is 5.77. The zero-order valence-corrected chi connectivity index (χ0v) is 11.9. The van der Waals surface area contributed by atoms with E-state index in [1.165, 1.54) is 25.7 Å². The van der Waals surface area contributed by atoms with E-state index in [0.29, 0.717) is 5.56 Å². The third-order valence-corrected chi connectivity index (χ3v) is 3.10. The van der Waals surface area contributed by atoms with Gasteiger partial charge >= 0.3 is 0 Å². The van der Waals surface area contributed by atoms with Crippen molar-refractivity contribution in [1.82, 2.24) is 0 Å². The Hall–Kier alpha value is -1.02. The van der Waals surface area contributed by atoms with Crippen molar-refractivity contribution < 1.29 is 9.53 Å². The predicted octanol–water partition coefficient (Wildman–Crippen LogP) is 4.80. The fourth-order valence-electron chi connectivity index (χ4n) is 1.81. The van der Waals surface area contributed by atoms with Gasteiger partial charge in [-0.05, 0) is 55.6 Å². The molecule has 1 atom stereocenters. The first-order valence-electron chi connectivity index (χ1n) is 6.60. The lowest BCUT2D eigenvalue weighted by Gasteiger charge is -2.14. The van der Waals surface area contributed by atoms with Crippen LogP contribution in [-0.2, 0) is 0 Å². The van der Waals surface area contributed by atoms with Gasteiger partial charge in [-0.3, -0.25) is 4.79 Å². The first kappa shape index (κ1) is 15.0. The van der Waals surface area contributed by atoms with Gasteiger partial charge in [0.2, 0.25) is 0 Å². The summed E-state index contributed by atoms with van der Waals surface area (Å²) in [6.07, 6.45) is 6.29. The molecule has 0 amide bonds. The van der Waals surface area contributed by atoms with E-state index in [1.807, 2.05) is 0 Å². The molecule has 0 fully saturated rings. The predicted molar refractivity (Wildman–Crippen MR) is 75.5 cm³/mol. The van der Waals surface area contributed by atoms with E-state index in [4.69, 9.17) is 16.3 Å². The fraction of sp³-hybridized carbons (Fsp3) is 0.533. The Bertz CT molecular complexity index is 359. The molecule has 0 aliphatic heterocycles. The molecule has 0 aliphatic rings. The quantitative estimate of drug-likeness (QED) is 0.500. The molecule has 0 saturated carbocycles. The van der Waals surface area contributed by atoms with Gasteiger partial charge in [0.25, 0.3) is 5.24 Å². The molecule has 0 radical (unpaired) electrons. The monoisotopic (exact) mass is 268 g/mol. The summed E-state index contributed by atoms with van der Waals surface area (Å²) in [7, 11) is 0. The molecule has 0 saturated heterocycles. The molecular formula is C15H21ClO2. The van der Waals surface area contributed by atoms with E-state index < -0.39 is 5.24 Å². The van der Waals surface area contributed by atoms with Crippen LogP contribution in [0.2, 0.25) is 0 Å². The van der Waals surface area contributed by atoms with Gasteiger partial charge < -0.3 is 4.74 Å². The minimum Gasteiger partial charge on any atom is -0.491 e. The van der Waals surface area contributed by atoms with E-state index in [1.54, 1.807) is 24.3 Å². The smallest absolute Gasteiger partial charge is 0.252 e. The van der Waals surface area contributed by atoms with Crippen molar-refractivity contribution in [2.75, 3.05) is 0 Å². The average molecular weight is 269 g/mol. The SMILES string of the molecule is CCCCCC[C@H](C)Oc1ccc(C(=O)Cl)cc1. The van der Waals surface area contributed by atoms with Crippen molar-refractivity contribution in [2.24, 2.45) is 0 Å². The summed E-state index contributed by atoms with van der Waals surface area (Å²) in [4.78, 5) is 10.9. The summed E-state index contributed by atoms with van der Waals surface area (Å²) in [6.45, 7) is 4.28. The topological polar surface area (TPSA) is 26.3 Å². The molecule has 0 N–H and O–H groups in total. The minimum atomic E-state index is -0.436. The van der Waals surface area contributed by atoms with Gasteiger partial charge in [0.05, 0.1) is 6.10 Å². The van der Waals surface area contributed by atoms with Crippen molar-refractivity contribution in [3.05, 3.63) is 29.8 Å². The van der Waals surface area contributed by atoms with E-state index in [9.17, 15) is 4.79 Å². The highest BCUT2D eigenvalue weighted by atomic mass is 35.5. The highest BCUT2D eigenvalue weighted by Crippen LogP contribution is 2.17. The van der Waals surface area contributed by atoms with E-state index in [-0.39, 0.29) is 6.10 Å². The zero-order chi connectivity index (χ0) is 13.4. The number of ether oxygens (including phenoxy) is 1. The number of unbranched alkanes of at least 4 members (excludes halogenated alkanes) is 3. The van der Waals surface area contributed by atoms with Gasteiger partial charge in [-0.15, -0.1) is 0 Å². The van der Waals surface area contributed by atoms with Crippen LogP contribution in [0.25, 0.3) is 0 Å². The summed E-state index contributed by atoms with van der Waals surface area (Å²) >= 11 is 5.38. The first-order valence-corrected chi connectivity index (χ1v) is 6.97. The largest absolute Gasteiger partial charge is 0.491 e. The minimum absolute atomic E-state index is 0.208. The number of rotatable bonds is 8. The standard InChI is InChI=1S/C15H21ClO2/c1-3-4-5-6-7-12(2)18-14-10-8-13(9-11-14)15(16)17/h8-12H,3-7H2,1-2H3/t12-/m0/s1. The Morgan fingerprint density at radius 1 is 1.22 bits per heavy atom. The van der Waals surface area contributed by atoms with Gasteiger partial charge in [-0.1, -0.05) is 26.2 Å². The second kappa shape index (κ2) is 8.15. The third-order valence-electron chi connectivity index (χ3n) is 2.88. The van der Waals surface area contributed by atoms with E-state index in [0.717, 1.165) is 12.2 Å². The fourth-order valence-corrected chi connectivity index (χ4v) is 1.94. The average Bonchev–Trinajstić information content (AvgIpc) is 2.35. The van der Waals surface area contributed by atoms with Crippen molar-refractivity contribution in [3.63, 3.8) is 0 Å². The van der Waals surface area contributed by atoms with Crippen LogP contribution in [0.4, 0.5) is 0 Å². The highest BCUT2D eigenvalue weighted by Gasteiger charge is 2.05. The normalized spacial score (nSPS) is 12.2. The highest BCUT2D eigenvalue weighted by molar-refractivity contribution is 6.67. The van der Waals surface area contributed by atoms with E-state index >= 15 is 0 Å². The lowest BCUT2D eigenvalue weighted by atomic mass is 10.1. The molecular weight excluding hydrogens is 248 g/mol. The molecule has 1 aromatic carbocycles. The molecule has 3 heteroatoms. The summed E-state index contributed by atoms with van der Waals surface area (Å²) in [5.41, 5.74) is 0.500. The molecule has 100 valence electrons. The molecule has 0 aromatic heterocycles. The molecule has 0 spiro atoms. The first-order chi connectivity index (χ1) is 8.63. The summed E-state index contributed by atoms with van der Waals surface area (Å²) in [5.74, 6) is 0.791. The van der Waals surface area contributed by atoms with Crippen LogP contribution in [0.5, 0.6) is 5.75 Å². The summed E-state index contributed by atoms with van der Waals surface area (Å²) in [6, 6.07) is 6.96. The second-order valence-electron chi connectivity index (χ2n) is 4.58. The molecule has 2 nitrogen and oxygen atoms in total.